The fourth-order valence-electron chi connectivity index (χ4n) is 0.835. The Bertz CT molecular complexity index is 68.7. The number of hydrogen-bond donors (Lipinski definition) is 0. The standard InChI is InChI=1S/C6H12NO2/c1-2-9-6-3-7-5-8-4-6/h6H,2-5H2,1H3. The molecule has 0 N–H and O–H groups in total. The summed E-state index contributed by atoms with van der Waals surface area (Å²) in [7, 11) is 0. The molecule has 3 nitrogen and oxygen atoms in total. The summed E-state index contributed by atoms with van der Waals surface area (Å²) in [5.41, 5.74) is 0. The monoisotopic (exact) mass is 130 g/mol. The van der Waals surface area contributed by atoms with Crippen molar-refractivity contribution >= 4 is 0 Å². The second kappa shape index (κ2) is 3.82. The first-order valence-electron chi connectivity index (χ1n) is 3.26. The van der Waals surface area contributed by atoms with Crippen molar-refractivity contribution in [1.29, 1.82) is 0 Å². The molecule has 0 spiro atoms. The molecule has 1 rings (SSSR count). The molecule has 0 bridgehead atoms. The normalized spacial score (nSPS) is 28.3. The third-order valence-electron chi connectivity index (χ3n) is 1.22. The molecule has 0 aromatic carbocycles. The highest BCUT2D eigenvalue weighted by molar-refractivity contribution is 4.62. The topological polar surface area (TPSA) is 32.6 Å². The molecule has 0 aliphatic carbocycles. The van der Waals surface area contributed by atoms with Crippen molar-refractivity contribution in [2.24, 2.45) is 0 Å². The Morgan fingerprint density at radius 1 is 1.78 bits per heavy atom. The van der Waals surface area contributed by atoms with Gasteiger partial charge in [0.1, 0.15) is 6.73 Å². The van der Waals surface area contributed by atoms with Crippen LogP contribution in [-0.4, -0.2) is 32.6 Å². The zero-order chi connectivity index (χ0) is 6.53. The van der Waals surface area contributed by atoms with Crippen LogP contribution < -0.4 is 5.32 Å². The third kappa shape index (κ3) is 2.30. The quantitative estimate of drug-likeness (QED) is 0.526. The molecule has 3 heteroatoms. The molecule has 1 atom stereocenters. The summed E-state index contributed by atoms with van der Waals surface area (Å²) in [5.74, 6) is 0. The Labute approximate surface area is 55.3 Å². The van der Waals surface area contributed by atoms with Gasteiger partial charge in [0.15, 0.2) is 0 Å². The Morgan fingerprint density at radius 2 is 2.67 bits per heavy atom. The first kappa shape index (κ1) is 6.99. The van der Waals surface area contributed by atoms with Gasteiger partial charge in [-0.1, -0.05) is 0 Å². The summed E-state index contributed by atoms with van der Waals surface area (Å²) in [5, 5.41) is 4.03. The van der Waals surface area contributed by atoms with E-state index >= 15 is 0 Å². The SMILES string of the molecule is CCOC1C[N]COC1. The molecule has 0 aromatic rings. The van der Waals surface area contributed by atoms with E-state index in [1.165, 1.54) is 0 Å². The number of ether oxygens (including phenoxy) is 2. The summed E-state index contributed by atoms with van der Waals surface area (Å²) in [6.07, 6.45) is 0.212. The van der Waals surface area contributed by atoms with Crippen LogP contribution in [0.15, 0.2) is 0 Å². The number of nitrogens with zero attached hydrogens (tertiary/aromatic N) is 1. The third-order valence-corrected chi connectivity index (χ3v) is 1.22. The summed E-state index contributed by atoms with van der Waals surface area (Å²) >= 11 is 0. The van der Waals surface area contributed by atoms with Gasteiger partial charge in [0, 0.05) is 13.2 Å². The van der Waals surface area contributed by atoms with Crippen molar-refractivity contribution < 1.29 is 9.47 Å². The van der Waals surface area contributed by atoms with Crippen LogP contribution in [0.4, 0.5) is 0 Å². The zero-order valence-electron chi connectivity index (χ0n) is 5.67. The highest BCUT2D eigenvalue weighted by Gasteiger charge is 2.12. The smallest absolute Gasteiger partial charge is 0.112 e. The van der Waals surface area contributed by atoms with E-state index in [9.17, 15) is 0 Å². The van der Waals surface area contributed by atoms with Gasteiger partial charge in [0.2, 0.25) is 0 Å². The van der Waals surface area contributed by atoms with E-state index in [0.717, 1.165) is 13.2 Å². The molecule has 53 valence electrons. The lowest BCUT2D eigenvalue weighted by Gasteiger charge is -2.21. The van der Waals surface area contributed by atoms with E-state index in [1.807, 2.05) is 6.92 Å². The number of rotatable bonds is 2. The molecule has 1 aliphatic heterocycles. The Hall–Kier alpha value is -0.120. The van der Waals surface area contributed by atoms with E-state index in [2.05, 4.69) is 5.32 Å². The van der Waals surface area contributed by atoms with E-state index in [4.69, 9.17) is 9.47 Å². The Morgan fingerprint density at radius 3 is 3.22 bits per heavy atom. The lowest BCUT2D eigenvalue weighted by atomic mass is 10.3. The molecule has 1 fully saturated rings. The molecular weight excluding hydrogens is 118 g/mol. The molecule has 0 amide bonds. The van der Waals surface area contributed by atoms with Crippen molar-refractivity contribution in [2.45, 2.75) is 13.0 Å². The average Bonchev–Trinajstić information content (AvgIpc) is 1.91. The average molecular weight is 130 g/mol. The second-order valence-electron chi connectivity index (χ2n) is 1.98. The minimum atomic E-state index is 0.212. The van der Waals surface area contributed by atoms with E-state index in [0.29, 0.717) is 13.3 Å². The lowest BCUT2D eigenvalue weighted by molar-refractivity contribution is -0.0483. The molecular formula is C6H12NO2. The van der Waals surface area contributed by atoms with Crippen molar-refractivity contribution in [3.8, 4) is 0 Å². The minimum absolute atomic E-state index is 0.212. The highest BCUT2D eigenvalue weighted by Crippen LogP contribution is 1.96. The Kier molecular flexibility index (Phi) is 2.97. The molecule has 0 saturated carbocycles. The van der Waals surface area contributed by atoms with Gasteiger partial charge in [-0.15, -0.1) is 0 Å². The fraction of sp³-hybridized carbons (Fsp3) is 1.00. The fourth-order valence-corrected chi connectivity index (χ4v) is 0.835. The van der Waals surface area contributed by atoms with Gasteiger partial charge in [-0.2, -0.15) is 0 Å². The van der Waals surface area contributed by atoms with Gasteiger partial charge in [-0.05, 0) is 6.92 Å². The van der Waals surface area contributed by atoms with Gasteiger partial charge >= 0.3 is 0 Å². The summed E-state index contributed by atoms with van der Waals surface area (Å²) in [6, 6.07) is 0. The molecule has 1 saturated heterocycles. The highest BCUT2D eigenvalue weighted by atomic mass is 16.5. The second-order valence-corrected chi connectivity index (χ2v) is 1.98. The maximum Gasteiger partial charge on any atom is 0.112 e. The van der Waals surface area contributed by atoms with Crippen LogP contribution >= 0.6 is 0 Å². The minimum Gasteiger partial charge on any atom is -0.375 e. The largest absolute Gasteiger partial charge is 0.375 e. The van der Waals surface area contributed by atoms with Crippen LogP contribution in [0.25, 0.3) is 0 Å². The van der Waals surface area contributed by atoms with Crippen LogP contribution in [0.1, 0.15) is 6.92 Å². The van der Waals surface area contributed by atoms with Crippen molar-refractivity contribution in [1.82, 2.24) is 5.32 Å². The zero-order valence-corrected chi connectivity index (χ0v) is 5.67. The first-order valence-corrected chi connectivity index (χ1v) is 3.26. The van der Waals surface area contributed by atoms with Crippen LogP contribution in [-0.2, 0) is 9.47 Å². The Balaban J connectivity index is 2.08. The van der Waals surface area contributed by atoms with E-state index < -0.39 is 0 Å². The summed E-state index contributed by atoms with van der Waals surface area (Å²) in [6.45, 7) is 4.78. The van der Waals surface area contributed by atoms with Gasteiger partial charge in [0.25, 0.3) is 0 Å². The van der Waals surface area contributed by atoms with Gasteiger partial charge in [-0.25, -0.2) is 5.32 Å². The number of hydrogen-bond acceptors (Lipinski definition) is 2. The predicted molar refractivity (Wildman–Crippen MR) is 33.2 cm³/mol. The maximum absolute atomic E-state index is 5.26. The van der Waals surface area contributed by atoms with Crippen LogP contribution in [0.3, 0.4) is 0 Å². The molecule has 1 unspecified atom stereocenters. The van der Waals surface area contributed by atoms with Crippen LogP contribution in [0, 0.1) is 0 Å². The summed E-state index contributed by atoms with van der Waals surface area (Å²) in [4.78, 5) is 0. The van der Waals surface area contributed by atoms with E-state index in [-0.39, 0.29) is 6.10 Å². The van der Waals surface area contributed by atoms with Crippen molar-refractivity contribution in [3.63, 3.8) is 0 Å². The van der Waals surface area contributed by atoms with Crippen molar-refractivity contribution in [2.75, 3.05) is 26.5 Å². The van der Waals surface area contributed by atoms with Crippen LogP contribution in [0.2, 0.25) is 0 Å². The van der Waals surface area contributed by atoms with Gasteiger partial charge in [-0.3, -0.25) is 0 Å². The van der Waals surface area contributed by atoms with Crippen molar-refractivity contribution in [3.05, 3.63) is 0 Å². The van der Waals surface area contributed by atoms with Gasteiger partial charge in [0.05, 0.1) is 12.7 Å². The first-order chi connectivity index (χ1) is 4.43. The maximum atomic E-state index is 5.26. The van der Waals surface area contributed by atoms with E-state index in [1.54, 1.807) is 0 Å². The predicted octanol–water partition coefficient (Wildman–Crippen LogP) is -0.0164. The van der Waals surface area contributed by atoms with Crippen LogP contribution in [0.5, 0.6) is 0 Å². The molecule has 1 heterocycles. The molecule has 0 aromatic heterocycles. The molecule has 1 radical (unpaired) electrons. The van der Waals surface area contributed by atoms with Gasteiger partial charge < -0.3 is 9.47 Å². The summed E-state index contributed by atoms with van der Waals surface area (Å²) < 4.78 is 10.3. The molecule has 1 aliphatic rings. The molecule has 9 heavy (non-hydrogen) atoms. The lowest BCUT2D eigenvalue weighted by Crippen LogP contribution is -2.36.